The number of hydrogen-bond acceptors (Lipinski definition) is 6. The molecule has 1 aromatic heterocycles. The van der Waals surface area contributed by atoms with Crippen LogP contribution in [0.1, 0.15) is 36.0 Å². The summed E-state index contributed by atoms with van der Waals surface area (Å²) in [5.74, 6) is -0.766. The number of aromatic nitrogens is 1. The second kappa shape index (κ2) is 8.53. The predicted octanol–water partition coefficient (Wildman–Crippen LogP) is 5.93. The Morgan fingerprint density at radius 2 is 1.70 bits per heavy atom. The maximum Gasteiger partial charge on any atom is 0.421 e. The van der Waals surface area contributed by atoms with Crippen molar-refractivity contribution in [3.63, 3.8) is 0 Å². The number of halogens is 2. The van der Waals surface area contributed by atoms with Crippen LogP contribution in [-0.4, -0.2) is 22.5 Å². The SMILES string of the molecule is CC(C)(C)OC(=O)N(c1ccc(F)cc1)c1nc(N)c(C(=O)c2ccc(Br)cc2)s1. The monoisotopic (exact) mass is 491 g/mol. The number of nitrogen functional groups attached to an aromatic ring is 1. The van der Waals surface area contributed by atoms with E-state index < -0.39 is 17.5 Å². The number of rotatable bonds is 4. The van der Waals surface area contributed by atoms with Gasteiger partial charge in [-0.3, -0.25) is 4.79 Å². The minimum atomic E-state index is -0.770. The van der Waals surface area contributed by atoms with Gasteiger partial charge in [0.1, 0.15) is 22.1 Å². The van der Waals surface area contributed by atoms with Crippen LogP contribution in [0.15, 0.2) is 53.0 Å². The zero-order valence-corrected chi connectivity index (χ0v) is 18.9. The van der Waals surface area contributed by atoms with E-state index in [2.05, 4.69) is 20.9 Å². The van der Waals surface area contributed by atoms with Crippen LogP contribution in [0.5, 0.6) is 0 Å². The van der Waals surface area contributed by atoms with E-state index in [0.717, 1.165) is 15.8 Å². The topological polar surface area (TPSA) is 85.5 Å². The number of carbonyl (C=O) groups is 2. The van der Waals surface area contributed by atoms with Gasteiger partial charge in [-0.15, -0.1) is 0 Å². The number of ketones is 1. The van der Waals surface area contributed by atoms with Crippen LogP contribution < -0.4 is 10.6 Å². The molecule has 6 nitrogen and oxygen atoms in total. The second-order valence-corrected chi connectivity index (χ2v) is 9.23. The molecule has 0 aliphatic carbocycles. The summed E-state index contributed by atoms with van der Waals surface area (Å²) in [6, 6.07) is 12.1. The first-order valence-electron chi connectivity index (χ1n) is 8.90. The van der Waals surface area contributed by atoms with Crippen LogP contribution in [0, 0.1) is 5.82 Å². The molecule has 0 atom stereocenters. The van der Waals surface area contributed by atoms with Gasteiger partial charge in [-0.2, -0.15) is 0 Å². The maximum atomic E-state index is 13.4. The second-order valence-electron chi connectivity index (χ2n) is 7.34. The molecule has 0 radical (unpaired) electrons. The molecule has 0 aliphatic heterocycles. The average molecular weight is 492 g/mol. The number of nitrogens with two attached hydrogens (primary N) is 1. The largest absolute Gasteiger partial charge is 0.443 e. The van der Waals surface area contributed by atoms with E-state index in [9.17, 15) is 14.0 Å². The number of ether oxygens (including phenoxy) is 1. The zero-order valence-electron chi connectivity index (χ0n) is 16.5. The van der Waals surface area contributed by atoms with Gasteiger partial charge >= 0.3 is 6.09 Å². The average Bonchev–Trinajstić information content (AvgIpc) is 3.03. The lowest BCUT2D eigenvalue weighted by Gasteiger charge is -2.25. The van der Waals surface area contributed by atoms with Crippen molar-refractivity contribution in [2.45, 2.75) is 26.4 Å². The molecule has 9 heteroatoms. The molecule has 0 aliphatic rings. The number of hydrogen-bond donors (Lipinski definition) is 1. The van der Waals surface area contributed by atoms with E-state index in [1.165, 1.54) is 29.2 Å². The van der Waals surface area contributed by atoms with E-state index in [1.807, 2.05) is 0 Å². The first-order chi connectivity index (χ1) is 14.0. The molecule has 2 aromatic carbocycles. The minimum absolute atomic E-state index is 0.00131. The summed E-state index contributed by atoms with van der Waals surface area (Å²) in [6.07, 6.45) is -0.717. The third-order valence-electron chi connectivity index (χ3n) is 3.81. The van der Waals surface area contributed by atoms with E-state index in [-0.39, 0.29) is 21.6 Å². The first-order valence-corrected chi connectivity index (χ1v) is 10.5. The van der Waals surface area contributed by atoms with Crippen LogP contribution in [0.25, 0.3) is 0 Å². The van der Waals surface area contributed by atoms with Crippen molar-refractivity contribution in [1.29, 1.82) is 0 Å². The van der Waals surface area contributed by atoms with Crippen molar-refractivity contribution >= 4 is 55.8 Å². The molecule has 0 fully saturated rings. The van der Waals surface area contributed by atoms with Crippen LogP contribution >= 0.6 is 27.3 Å². The van der Waals surface area contributed by atoms with Crippen molar-refractivity contribution in [1.82, 2.24) is 4.98 Å². The normalized spacial score (nSPS) is 11.2. The predicted molar refractivity (Wildman–Crippen MR) is 119 cm³/mol. The van der Waals surface area contributed by atoms with Crippen LogP contribution in [-0.2, 0) is 4.74 Å². The molecule has 3 aromatic rings. The fourth-order valence-electron chi connectivity index (χ4n) is 2.50. The van der Waals surface area contributed by atoms with Crippen molar-refractivity contribution in [2.75, 3.05) is 10.6 Å². The quantitative estimate of drug-likeness (QED) is 0.457. The summed E-state index contributed by atoms with van der Waals surface area (Å²) in [4.78, 5) is 31.4. The van der Waals surface area contributed by atoms with Crippen molar-refractivity contribution in [3.8, 4) is 0 Å². The molecule has 1 amide bonds. The van der Waals surface area contributed by atoms with Gasteiger partial charge < -0.3 is 10.5 Å². The van der Waals surface area contributed by atoms with E-state index >= 15 is 0 Å². The minimum Gasteiger partial charge on any atom is -0.443 e. The molecule has 0 saturated heterocycles. The van der Waals surface area contributed by atoms with E-state index in [4.69, 9.17) is 10.5 Å². The molecular weight excluding hydrogens is 473 g/mol. The third kappa shape index (κ3) is 5.03. The van der Waals surface area contributed by atoms with Crippen LogP contribution in [0.4, 0.5) is 25.8 Å². The Kier molecular flexibility index (Phi) is 6.23. The lowest BCUT2D eigenvalue weighted by atomic mass is 10.1. The zero-order chi connectivity index (χ0) is 22.1. The summed E-state index contributed by atoms with van der Waals surface area (Å²) in [5.41, 5.74) is 6.01. The number of nitrogens with zero attached hydrogens (tertiary/aromatic N) is 2. The maximum absolute atomic E-state index is 13.4. The molecule has 0 unspecified atom stereocenters. The highest BCUT2D eigenvalue weighted by atomic mass is 79.9. The van der Waals surface area contributed by atoms with Crippen molar-refractivity contribution < 1.29 is 18.7 Å². The van der Waals surface area contributed by atoms with Gasteiger partial charge in [0.2, 0.25) is 10.9 Å². The molecule has 0 saturated carbocycles. The number of anilines is 3. The van der Waals surface area contributed by atoms with Crippen LogP contribution in [0.3, 0.4) is 0 Å². The van der Waals surface area contributed by atoms with Gasteiger partial charge in [0.15, 0.2) is 0 Å². The van der Waals surface area contributed by atoms with Gasteiger partial charge in [-0.25, -0.2) is 19.1 Å². The van der Waals surface area contributed by atoms with Gasteiger partial charge in [-0.05, 0) is 69.3 Å². The Balaban J connectivity index is 2.02. The summed E-state index contributed by atoms with van der Waals surface area (Å²) in [7, 11) is 0. The summed E-state index contributed by atoms with van der Waals surface area (Å²) < 4.78 is 19.7. The summed E-state index contributed by atoms with van der Waals surface area (Å²) >= 11 is 4.29. The number of carbonyl (C=O) groups excluding carboxylic acids is 2. The molecule has 156 valence electrons. The Hall–Kier alpha value is -2.78. The van der Waals surface area contributed by atoms with Crippen molar-refractivity contribution in [2.24, 2.45) is 0 Å². The molecule has 0 spiro atoms. The first kappa shape index (κ1) is 21.9. The molecule has 30 heavy (non-hydrogen) atoms. The number of amides is 1. The Morgan fingerprint density at radius 1 is 1.10 bits per heavy atom. The number of thiazole rings is 1. The standard InChI is InChI=1S/C21H19BrFN3O3S/c1-21(2,3)29-20(28)26(15-10-8-14(23)9-11-15)19-25-18(24)17(30-19)16(27)12-4-6-13(22)7-5-12/h4-11H,24H2,1-3H3. The molecule has 3 rings (SSSR count). The fraction of sp³-hybridized carbons (Fsp3) is 0.190. The molecule has 0 bridgehead atoms. The van der Waals surface area contributed by atoms with Gasteiger partial charge in [0, 0.05) is 10.0 Å². The van der Waals surface area contributed by atoms with E-state index in [1.54, 1.807) is 45.0 Å². The Labute approximate surface area is 185 Å². The van der Waals surface area contributed by atoms with Crippen LogP contribution in [0.2, 0.25) is 0 Å². The fourth-order valence-corrected chi connectivity index (χ4v) is 3.73. The van der Waals surface area contributed by atoms with Gasteiger partial charge in [0.25, 0.3) is 0 Å². The molecular formula is C21H19BrFN3O3S. The highest BCUT2D eigenvalue weighted by Gasteiger charge is 2.29. The highest BCUT2D eigenvalue weighted by molar-refractivity contribution is 9.10. The van der Waals surface area contributed by atoms with Gasteiger partial charge in [-0.1, -0.05) is 27.3 Å². The van der Waals surface area contributed by atoms with E-state index in [0.29, 0.717) is 11.3 Å². The summed E-state index contributed by atoms with van der Waals surface area (Å²) in [6.45, 7) is 5.19. The molecule has 2 N–H and O–H groups in total. The smallest absolute Gasteiger partial charge is 0.421 e. The summed E-state index contributed by atoms with van der Waals surface area (Å²) in [5, 5.41) is 0.147. The van der Waals surface area contributed by atoms with Gasteiger partial charge in [0.05, 0.1) is 5.69 Å². The molecule has 1 heterocycles. The lowest BCUT2D eigenvalue weighted by Crippen LogP contribution is -2.33. The van der Waals surface area contributed by atoms with Crippen molar-refractivity contribution in [3.05, 3.63) is 69.3 Å². The third-order valence-corrected chi connectivity index (χ3v) is 5.39. The highest BCUT2D eigenvalue weighted by Crippen LogP contribution is 2.35. The Morgan fingerprint density at radius 3 is 2.27 bits per heavy atom. The number of benzene rings is 2. The lowest BCUT2D eigenvalue weighted by molar-refractivity contribution is 0.0599. The Bertz CT molecular complexity index is 1080.